The molecule has 0 aliphatic rings. The molecule has 0 amide bonds. The molecule has 0 unspecified atom stereocenters. The molecule has 0 aliphatic carbocycles. The van der Waals surface area contributed by atoms with E-state index in [0.717, 1.165) is 16.6 Å². The molecule has 18 heavy (non-hydrogen) atoms. The van der Waals surface area contributed by atoms with Crippen LogP contribution in [0.5, 0.6) is 0 Å². The topological polar surface area (TPSA) is 81.1 Å². The normalized spacial score (nSPS) is 12.8. The highest BCUT2D eigenvalue weighted by Gasteiger charge is 2.13. The molecule has 0 aliphatic heterocycles. The number of para-hydroxylation sites is 1. The number of carboxylic acid groups (broad SMARTS) is 1. The van der Waals surface area contributed by atoms with Gasteiger partial charge in [-0.25, -0.2) is 0 Å². The minimum Gasteiger partial charge on any atom is -0.480 e. The summed E-state index contributed by atoms with van der Waals surface area (Å²) in [5, 5.41) is 14.2. The molecule has 6 heteroatoms. The molecule has 1 atom stereocenters. The molecule has 0 saturated carbocycles. The standard InChI is InChI=1S/C12H15N3O2S/c1-15-11-5-3-2-4-8(11)10(14-15)7-18-6-9(13)12(16)17/h2-5,9H,6-7,13H2,1H3,(H,16,17)/t9-/m0/s1. The average molecular weight is 265 g/mol. The van der Waals surface area contributed by atoms with Crippen LogP contribution in [0.4, 0.5) is 0 Å². The maximum absolute atomic E-state index is 10.6. The molecule has 1 heterocycles. The second-order valence-electron chi connectivity index (χ2n) is 4.05. The van der Waals surface area contributed by atoms with Crippen LogP contribution >= 0.6 is 11.8 Å². The largest absolute Gasteiger partial charge is 0.480 e. The highest BCUT2D eigenvalue weighted by Crippen LogP contribution is 2.21. The monoisotopic (exact) mass is 265 g/mol. The number of hydrogen-bond acceptors (Lipinski definition) is 4. The van der Waals surface area contributed by atoms with Crippen molar-refractivity contribution < 1.29 is 9.90 Å². The first-order valence-electron chi connectivity index (χ1n) is 5.56. The third-order valence-electron chi connectivity index (χ3n) is 2.69. The number of hydrogen-bond donors (Lipinski definition) is 2. The number of nitrogens with two attached hydrogens (primary N) is 1. The molecule has 0 bridgehead atoms. The summed E-state index contributed by atoms with van der Waals surface area (Å²) in [6, 6.07) is 7.17. The zero-order valence-corrected chi connectivity index (χ0v) is 10.9. The summed E-state index contributed by atoms with van der Waals surface area (Å²) in [5.41, 5.74) is 7.50. The van der Waals surface area contributed by atoms with E-state index in [1.807, 2.05) is 36.0 Å². The number of benzene rings is 1. The van der Waals surface area contributed by atoms with Gasteiger partial charge in [0.05, 0.1) is 11.2 Å². The van der Waals surface area contributed by atoms with E-state index in [1.165, 1.54) is 11.8 Å². The van der Waals surface area contributed by atoms with Gasteiger partial charge in [0.25, 0.3) is 0 Å². The first-order chi connectivity index (χ1) is 8.59. The van der Waals surface area contributed by atoms with Crippen molar-refractivity contribution in [2.45, 2.75) is 11.8 Å². The number of rotatable bonds is 5. The quantitative estimate of drug-likeness (QED) is 0.849. The van der Waals surface area contributed by atoms with Crippen LogP contribution in [0.2, 0.25) is 0 Å². The minimum atomic E-state index is -0.964. The molecule has 1 aromatic carbocycles. The van der Waals surface area contributed by atoms with Gasteiger partial charge in [-0.1, -0.05) is 18.2 Å². The number of carbonyl (C=O) groups is 1. The third-order valence-corrected chi connectivity index (χ3v) is 3.76. The van der Waals surface area contributed by atoms with Crippen molar-refractivity contribution in [3.63, 3.8) is 0 Å². The van der Waals surface area contributed by atoms with Gasteiger partial charge in [0, 0.05) is 23.9 Å². The molecule has 1 aromatic heterocycles. The lowest BCUT2D eigenvalue weighted by atomic mass is 10.2. The summed E-state index contributed by atoms with van der Waals surface area (Å²) in [6.07, 6.45) is 0. The Morgan fingerprint density at radius 2 is 2.28 bits per heavy atom. The molecular weight excluding hydrogens is 250 g/mol. The zero-order chi connectivity index (χ0) is 13.1. The summed E-state index contributed by atoms with van der Waals surface area (Å²) in [5.74, 6) is 0.0936. The number of fused-ring (bicyclic) bond motifs is 1. The average Bonchev–Trinajstić information content (AvgIpc) is 2.67. The molecule has 0 saturated heterocycles. The van der Waals surface area contributed by atoms with E-state index < -0.39 is 12.0 Å². The summed E-state index contributed by atoms with van der Waals surface area (Å²) in [7, 11) is 1.90. The van der Waals surface area contributed by atoms with E-state index in [1.54, 1.807) is 0 Å². The van der Waals surface area contributed by atoms with Crippen LogP contribution in [0.15, 0.2) is 24.3 Å². The number of aryl methyl sites for hydroxylation is 1. The summed E-state index contributed by atoms with van der Waals surface area (Å²) < 4.78 is 1.84. The Balaban J connectivity index is 2.06. The highest BCUT2D eigenvalue weighted by molar-refractivity contribution is 7.98. The third kappa shape index (κ3) is 2.65. The lowest BCUT2D eigenvalue weighted by Crippen LogP contribution is -2.32. The minimum absolute atomic E-state index is 0.389. The SMILES string of the molecule is Cn1nc(CSC[C@H](N)C(=O)O)c2ccccc21. The molecule has 0 radical (unpaired) electrons. The van der Waals surface area contributed by atoms with Crippen LogP contribution in [-0.4, -0.2) is 32.7 Å². The second kappa shape index (κ2) is 5.41. The van der Waals surface area contributed by atoms with Gasteiger partial charge in [-0.05, 0) is 6.07 Å². The molecule has 3 N–H and O–H groups in total. The molecule has 2 aromatic rings. The smallest absolute Gasteiger partial charge is 0.321 e. The fourth-order valence-corrected chi connectivity index (χ4v) is 2.67. The Hall–Kier alpha value is -1.53. The Morgan fingerprint density at radius 1 is 1.56 bits per heavy atom. The van der Waals surface area contributed by atoms with Crippen LogP contribution in [0.3, 0.4) is 0 Å². The fraction of sp³-hybridized carbons (Fsp3) is 0.333. The van der Waals surface area contributed by atoms with E-state index >= 15 is 0 Å². The van der Waals surface area contributed by atoms with Gasteiger partial charge in [-0.3, -0.25) is 9.48 Å². The van der Waals surface area contributed by atoms with Gasteiger partial charge in [0.1, 0.15) is 6.04 Å². The molecule has 2 rings (SSSR count). The van der Waals surface area contributed by atoms with E-state index in [-0.39, 0.29) is 0 Å². The Bertz CT molecular complexity index is 567. The number of carboxylic acids is 1. The Labute approximate surface area is 109 Å². The lowest BCUT2D eigenvalue weighted by Gasteiger charge is -2.04. The molecule has 0 fully saturated rings. The van der Waals surface area contributed by atoms with Gasteiger partial charge in [-0.15, -0.1) is 0 Å². The van der Waals surface area contributed by atoms with E-state index in [2.05, 4.69) is 5.10 Å². The van der Waals surface area contributed by atoms with Crippen molar-refractivity contribution in [3.8, 4) is 0 Å². The maximum Gasteiger partial charge on any atom is 0.321 e. The highest BCUT2D eigenvalue weighted by atomic mass is 32.2. The predicted octanol–water partition coefficient (Wildman–Crippen LogP) is 1.22. The molecular formula is C12H15N3O2S. The molecule has 96 valence electrons. The van der Waals surface area contributed by atoms with Crippen LogP contribution in [-0.2, 0) is 17.6 Å². The van der Waals surface area contributed by atoms with E-state index in [0.29, 0.717) is 11.5 Å². The number of aromatic nitrogens is 2. The van der Waals surface area contributed by atoms with Crippen molar-refractivity contribution in [2.24, 2.45) is 12.8 Å². The van der Waals surface area contributed by atoms with Crippen LogP contribution < -0.4 is 5.73 Å². The van der Waals surface area contributed by atoms with Gasteiger partial charge < -0.3 is 10.8 Å². The van der Waals surface area contributed by atoms with Crippen LogP contribution in [0.1, 0.15) is 5.69 Å². The van der Waals surface area contributed by atoms with Crippen molar-refractivity contribution >= 4 is 28.6 Å². The van der Waals surface area contributed by atoms with Crippen LogP contribution in [0, 0.1) is 0 Å². The van der Waals surface area contributed by atoms with Crippen LogP contribution in [0.25, 0.3) is 10.9 Å². The van der Waals surface area contributed by atoms with Crippen molar-refractivity contribution in [1.29, 1.82) is 0 Å². The van der Waals surface area contributed by atoms with Gasteiger partial charge in [-0.2, -0.15) is 16.9 Å². The van der Waals surface area contributed by atoms with Crippen molar-refractivity contribution in [2.75, 3.05) is 5.75 Å². The van der Waals surface area contributed by atoms with Crippen molar-refractivity contribution in [3.05, 3.63) is 30.0 Å². The fourth-order valence-electron chi connectivity index (χ4n) is 1.75. The predicted molar refractivity (Wildman–Crippen MR) is 72.5 cm³/mol. The molecule has 5 nitrogen and oxygen atoms in total. The number of thioether (sulfide) groups is 1. The molecule has 0 spiro atoms. The number of nitrogens with zero attached hydrogens (tertiary/aromatic N) is 2. The van der Waals surface area contributed by atoms with E-state index in [9.17, 15) is 4.79 Å². The van der Waals surface area contributed by atoms with Gasteiger partial charge in [0.2, 0.25) is 0 Å². The van der Waals surface area contributed by atoms with E-state index in [4.69, 9.17) is 10.8 Å². The Morgan fingerprint density at radius 3 is 3.00 bits per heavy atom. The zero-order valence-electron chi connectivity index (χ0n) is 10.0. The number of aliphatic carboxylic acids is 1. The first-order valence-corrected chi connectivity index (χ1v) is 6.72. The van der Waals surface area contributed by atoms with Crippen molar-refractivity contribution in [1.82, 2.24) is 9.78 Å². The first kappa shape index (κ1) is 12.9. The lowest BCUT2D eigenvalue weighted by molar-refractivity contribution is -0.137. The summed E-state index contributed by atoms with van der Waals surface area (Å²) in [6.45, 7) is 0. The van der Waals surface area contributed by atoms with Gasteiger partial charge >= 0.3 is 5.97 Å². The maximum atomic E-state index is 10.6. The summed E-state index contributed by atoms with van der Waals surface area (Å²) in [4.78, 5) is 10.6. The second-order valence-corrected chi connectivity index (χ2v) is 5.08. The van der Waals surface area contributed by atoms with Gasteiger partial charge in [0.15, 0.2) is 0 Å². The summed E-state index contributed by atoms with van der Waals surface area (Å²) >= 11 is 1.49. The Kier molecular flexibility index (Phi) is 3.88.